The molecule has 6 nitrogen and oxygen atoms in total. The summed E-state index contributed by atoms with van der Waals surface area (Å²) in [7, 11) is 0. The van der Waals surface area contributed by atoms with Crippen LogP contribution in [-0.2, 0) is 14.3 Å². The van der Waals surface area contributed by atoms with Crippen molar-refractivity contribution in [1.82, 2.24) is 4.90 Å². The first-order valence-electron chi connectivity index (χ1n) is 4.70. The largest absolute Gasteiger partial charge is 0.481 e. The minimum atomic E-state index is -1.48. The van der Waals surface area contributed by atoms with Gasteiger partial charge in [-0.3, -0.25) is 9.59 Å². The molecule has 2 N–H and O–H groups in total. The molecule has 1 amide bonds. The van der Waals surface area contributed by atoms with E-state index >= 15 is 0 Å². The maximum atomic E-state index is 11.1. The first-order valence-corrected chi connectivity index (χ1v) is 4.70. The van der Waals surface area contributed by atoms with E-state index in [0.717, 1.165) is 0 Å². The second-order valence-corrected chi connectivity index (χ2v) is 3.79. The number of aliphatic hydroxyl groups is 1. The van der Waals surface area contributed by atoms with E-state index in [1.165, 1.54) is 11.8 Å². The number of β-amino-alcohol motifs (C(OH)–C–C–N with tert-alkyl or cyclic N) is 1. The fourth-order valence-electron chi connectivity index (χ4n) is 1.57. The Balaban J connectivity index is 2.70. The lowest BCUT2D eigenvalue weighted by Crippen LogP contribution is -2.47. The van der Waals surface area contributed by atoms with Crippen molar-refractivity contribution in [2.75, 3.05) is 26.3 Å². The van der Waals surface area contributed by atoms with Gasteiger partial charge in [-0.05, 0) is 0 Å². The Kier molecular flexibility index (Phi) is 3.65. The highest BCUT2D eigenvalue weighted by Crippen LogP contribution is 2.16. The Morgan fingerprint density at radius 3 is 2.73 bits per heavy atom. The van der Waals surface area contributed by atoms with Gasteiger partial charge in [0, 0.05) is 13.5 Å². The zero-order chi connectivity index (χ0) is 11.5. The van der Waals surface area contributed by atoms with Crippen LogP contribution in [0.3, 0.4) is 0 Å². The molecule has 0 aromatic heterocycles. The molecule has 15 heavy (non-hydrogen) atoms. The molecule has 1 aliphatic heterocycles. The fraction of sp³-hybridized carbons (Fsp3) is 0.778. The molecule has 1 aliphatic rings. The predicted molar refractivity (Wildman–Crippen MR) is 50.3 cm³/mol. The van der Waals surface area contributed by atoms with Gasteiger partial charge in [-0.15, -0.1) is 0 Å². The van der Waals surface area contributed by atoms with Crippen molar-refractivity contribution in [1.29, 1.82) is 0 Å². The Labute approximate surface area is 87.4 Å². The molecular weight excluding hydrogens is 202 g/mol. The first kappa shape index (κ1) is 11.9. The maximum Gasteiger partial charge on any atom is 0.306 e. The number of amides is 1. The van der Waals surface area contributed by atoms with Gasteiger partial charge in [0.15, 0.2) is 0 Å². The number of aliphatic carboxylic acids is 1. The highest BCUT2D eigenvalue weighted by atomic mass is 16.5. The van der Waals surface area contributed by atoms with Crippen molar-refractivity contribution in [3.63, 3.8) is 0 Å². The van der Waals surface area contributed by atoms with Crippen LogP contribution in [0.2, 0.25) is 0 Å². The van der Waals surface area contributed by atoms with Crippen LogP contribution >= 0.6 is 0 Å². The summed E-state index contributed by atoms with van der Waals surface area (Å²) >= 11 is 0. The lowest BCUT2D eigenvalue weighted by Gasteiger charge is -2.28. The molecule has 1 saturated heterocycles. The Bertz CT molecular complexity index is 267. The Hall–Kier alpha value is -1.14. The molecule has 0 saturated carbocycles. The summed E-state index contributed by atoms with van der Waals surface area (Å²) in [6.45, 7) is 2.04. The zero-order valence-electron chi connectivity index (χ0n) is 8.60. The first-order chi connectivity index (χ1) is 6.93. The second-order valence-electron chi connectivity index (χ2n) is 3.79. The summed E-state index contributed by atoms with van der Waals surface area (Å²) in [5, 5.41) is 18.6. The van der Waals surface area contributed by atoms with E-state index in [9.17, 15) is 14.7 Å². The minimum absolute atomic E-state index is 0.00856. The van der Waals surface area contributed by atoms with Crippen LogP contribution in [0.5, 0.6) is 0 Å². The van der Waals surface area contributed by atoms with Crippen LogP contribution in [0.25, 0.3) is 0 Å². The molecule has 1 atom stereocenters. The second kappa shape index (κ2) is 4.59. The van der Waals surface area contributed by atoms with E-state index in [-0.39, 0.29) is 19.1 Å². The van der Waals surface area contributed by atoms with Gasteiger partial charge < -0.3 is 19.8 Å². The summed E-state index contributed by atoms with van der Waals surface area (Å²) in [6.07, 6.45) is -0.420. The normalized spacial score (nSPS) is 27.2. The average molecular weight is 217 g/mol. The van der Waals surface area contributed by atoms with E-state index in [2.05, 4.69) is 0 Å². The SMILES string of the molecule is CC(=O)N1CCOCC(O)(CC(=O)O)C1. The summed E-state index contributed by atoms with van der Waals surface area (Å²) in [4.78, 5) is 23.1. The van der Waals surface area contributed by atoms with Crippen LogP contribution in [0.4, 0.5) is 0 Å². The number of nitrogens with zero attached hydrogens (tertiary/aromatic N) is 1. The van der Waals surface area contributed by atoms with Gasteiger partial charge >= 0.3 is 5.97 Å². The topological polar surface area (TPSA) is 87.1 Å². The summed E-state index contributed by atoms with van der Waals surface area (Å²) < 4.78 is 5.08. The number of ether oxygens (including phenoxy) is 1. The van der Waals surface area contributed by atoms with Crippen molar-refractivity contribution < 1.29 is 24.5 Å². The smallest absolute Gasteiger partial charge is 0.306 e. The molecule has 1 rings (SSSR count). The molecule has 1 heterocycles. The van der Waals surface area contributed by atoms with Gasteiger partial charge in [0.1, 0.15) is 5.60 Å². The molecule has 86 valence electrons. The quantitative estimate of drug-likeness (QED) is 0.624. The van der Waals surface area contributed by atoms with E-state index in [1.54, 1.807) is 0 Å². The summed E-state index contributed by atoms with van der Waals surface area (Å²) in [5.41, 5.74) is -1.48. The minimum Gasteiger partial charge on any atom is -0.481 e. The molecule has 0 aromatic rings. The lowest BCUT2D eigenvalue weighted by atomic mass is 10.0. The van der Waals surface area contributed by atoms with Crippen LogP contribution in [0, 0.1) is 0 Å². The molecule has 0 spiro atoms. The monoisotopic (exact) mass is 217 g/mol. The van der Waals surface area contributed by atoms with Crippen molar-refractivity contribution in [2.45, 2.75) is 18.9 Å². The molecule has 0 bridgehead atoms. The lowest BCUT2D eigenvalue weighted by molar-refractivity contribution is -0.147. The number of carbonyl (C=O) groups excluding carboxylic acids is 1. The molecule has 1 unspecified atom stereocenters. The van der Waals surface area contributed by atoms with Gasteiger partial charge in [0.05, 0.1) is 26.2 Å². The maximum absolute atomic E-state index is 11.1. The number of rotatable bonds is 2. The summed E-state index contributed by atoms with van der Waals surface area (Å²) in [5.74, 6) is -1.30. The molecule has 0 aliphatic carbocycles. The zero-order valence-corrected chi connectivity index (χ0v) is 8.60. The number of carboxylic acids is 1. The van der Waals surface area contributed by atoms with Gasteiger partial charge in [0.25, 0.3) is 0 Å². The number of carboxylic acid groups (broad SMARTS) is 1. The van der Waals surface area contributed by atoms with E-state index in [0.29, 0.717) is 13.2 Å². The molecule has 0 radical (unpaired) electrons. The number of hydrogen-bond donors (Lipinski definition) is 2. The third-order valence-electron chi connectivity index (χ3n) is 2.29. The number of hydrogen-bond acceptors (Lipinski definition) is 4. The van der Waals surface area contributed by atoms with Crippen LogP contribution in [0.1, 0.15) is 13.3 Å². The van der Waals surface area contributed by atoms with E-state index in [1.807, 2.05) is 0 Å². The highest BCUT2D eigenvalue weighted by Gasteiger charge is 2.35. The molecule has 6 heteroatoms. The molecule has 0 aromatic carbocycles. The standard InChI is InChI=1S/C9H15NO5/c1-7(11)10-2-3-15-6-9(14,5-10)4-8(12)13/h14H,2-6H2,1H3,(H,12,13). The van der Waals surface area contributed by atoms with Crippen LogP contribution in [0.15, 0.2) is 0 Å². The highest BCUT2D eigenvalue weighted by molar-refractivity contribution is 5.73. The molecule has 1 fully saturated rings. The Morgan fingerprint density at radius 2 is 2.20 bits per heavy atom. The Morgan fingerprint density at radius 1 is 1.53 bits per heavy atom. The van der Waals surface area contributed by atoms with Gasteiger partial charge in [0.2, 0.25) is 5.91 Å². The van der Waals surface area contributed by atoms with Crippen molar-refractivity contribution >= 4 is 11.9 Å². The van der Waals surface area contributed by atoms with E-state index < -0.39 is 18.0 Å². The van der Waals surface area contributed by atoms with Crippen molar-refractivity contribution in [2.24, 2.45) is 0 Å². The molecular formula is C9H15NO5. The van der Waals surface area contributed by atoms with Gasteiger partial charge in [-0.2, -0.15) is 0 Å². The van der Waals surface area contributed by atoms with Crippen LogP contribution < -0.4 is 0 Å². The van der Waals surface area contributed by atoms with Gasteiger partial charge in [-0.25, -0.2) is 0 Å². The van der Waals surface area contributed by atoms with Crippen molar-refractivity contribution in [3.8, 4) is 0 Å². The third kappa shape index (κ3) is 3.49. The third-order valence-corrected chi connectivity index (χ3v) is 2.29. The van der Waals surface area contributed by atoms with Crippen molar-refractivity contribution in [3.05, 3.63) is 0 Å². The fourth-order valence-corrected chi connectivity index (χ4v) is 1.57. The summed E-state index contributed by atoms with van der Waals surface area (Å²) in [6, 6.07) is 0. The van der Waals surface area contributed by atoms with Gasteiger partial charge in [-0.1, -0.05) is 0 Å². The van der Waals surface area contributed by atoms with Crippen LogP contribution in [-0.4, -0.2) is 58.9 Å². The average Bonchev–Trinajstić information content (AvgIpc) is 2.25. The van der Waals surface area contributed by atoms with E-state index in [4.69, 9.17) is 9.84 Å². The number of carbonyl (C=O) groups is 2. The predicted octanol–water partition coefficient (Wildman–Crippen LogP) is -0.929.